The van der Waals surface area contributed by atoms with Crippen LogP contribution in [0.1, 0.15) is 25.3 Å². The molecule has 0 nitrogen and oxygen atoms in total. The van der Waals surface area contributed by atoms with E-state index in [1.54, 1.807) is 6.07 Å². The Labute approximate surface area is 90.1 Å². The first-order chi connectivity index (χ1) is 7.31. The average Bonchev–Trinajstić information content (AvgIpc) is 2.30. The molecule has 0 N–H and O–H groups in total. The highest BCUT2D eigenvalue weighted by Crippen LogP contribution is 2.26. The maximum Gasteiger partial charge on any atom is 0.131 e. The lowest BCUT2D eigenvalue weighted by Crippen LogP contribution is -1.98. The summed E-state index contributed by atoms with van der Waals surface area (Å²) in [4.78, 5) is 0. The molecule has 2 rings (SSSR count). The number of halogens is 1. The molecule has 15 heavy (non-hydrogen) atoms. The van der Waals surface area contributed by atoms with Crippen LogP contribution in [-0.4, -0.2) is 0 Å². The van der Waals surface area contributed by atoms with E-state index in [0.29, 0.717) is 11.5 Å². The first-order valence-electron chi connectivity index (χ1n) is 5.44. The topological polar surface area (TPSA) is 0 Å². The molecule has 0 fully saturated rings. The van der Waals surface area contributed by atoms with E-state index in [1.807, 2.05) is 18.2 Å². The third kappa shape index (κ3) is 2.17. The largest absolute Gasteiger partial charge is 0.206 e. The smallest absolute Gasteiger partial charge is 0.131 e. The Morgan fingerprint density at radius 2 is 2.13 bits per heavy atom. The van der Waals surface area contributed by atoms with E-state index in [2.05, 4.69) is 19.1 Å². The fraction of sp³-hybridized carbons (Fsp3) is 0.286. The molecule has 0 radical (unpaired) electrons. The van der Waals surface area contributed by atoms with Crippen molar-refractivity contribution >= 4 is 5.57 Å². The Bertz CT molecular complexity index is 402. The molecular weight excluding hydrogens is 187 g/mol. The SMILES string of the molecule is CCC1C=CC(c2ccccc2F)=CC1. The molecule has 1 unspecified atom stereocenters. The third-order valence-corrected chi connectivity index (χ3v) is 2.90. The lowest BCUT2D eigenvalue weighted by Gasteiger charge is -2.14. The van der Waals surface area contributed by atoms with Gasteiger partial charge in [0.25, 0.3) is 0 Å². The molecule has 1 atom stereocenters. The van der Waals surface area contributed by atoms with Crippen LogP contribution in [0.15, 0.2) is 42.5 Å². The van der Waals surface area contributed by atoms with Crippen LogP contribution in [0.2, 0.25) is 0 Å². The van der Waals surface area contributed by atoms with Crippen molar-refractivity contribution in [2.24, 2.45) is 5.92 Å². The zero-order chi connectivity index (χ0) is 10.7. The van der Waals surface area contributed by atoms with Crippen LogP contribution in [0.25, 0.3) is 5.57 Å². The van der Waals surface area contributed by atoms with Crippen LogP contribution in [0.3, 0.4) is 0 Å². The van der Waals surface area contributed by atoms with Crippen molar-refractivity contribution in [3.8, 4) is 0 Å². The number of hydrogen-bond acceptors (Lipinski definition) is 0. The molecule has 78 valence electrons. The fourth-order valence-corrected chi connectivity index (χ4v) is 1.86. The Morgan fingerprint density at radius 1 is 1.33 bits per heavy atom. The molecule has 0 bridgehead atoms. The molecule has 1 aromatic carbocycles. The lowest BCUT2D eigenvalue weighted by atomic mass is 9.91. The Hall–Kier alpha value is -1.37. The first kappa shape index (κ1) is 10.2. The first-order valence-corrected chi connectivity index (χ1v) is 5.44. The minimum atomic E-state index is -0.136. The molecule has 1 aliphatic carbocycles. The van der Waals surface area contributed by atoms with Crippen molar-refractivity contribution in [2.45, 2.75) is 19.8 Å². The van der Waals surface area contributed by atoms with Gasteiger partial charge in [-0.1, -0.05) is 43.4 Å². The summed E-state index contributed by atoms with van der Waals surface area (Å²) in [6, 6.07) is 6.94. The summed E-state index contributed by atoms with van der Waals surface area (Å²) >= 11 is 0. The monoisotopic (exact) mass is 202 g/mol. The zero-order valence-electron chi connectivity index (χ0n) is 8.91. The molecule has 1 heteroatoms. The summed E-state index contributed by atoms with van der Waals surface area (Å²) in [6.45, 7) is 2.18. The standard InChI is InChI=1S/C14H15F/c1-2-11-7-9-12(10-8-11)13-5-3-4-6-14(13)15/h3-7,9-11H,2,8H2,1H3. The predicted octanol–water partition coefficient (Wildman–Crippen LogP) is 4.20. The molecule has 0 heterocycles. The van der Waals surface area contributed by atoms with Gasteiger partial charge < -0.3 is 0 Å². The Morgan fingerprint density at radius 3 is 2.73 bits per heavy atom. The van der Waals surface area contributed by atoms with E-state index in [0.717, 1.165) is 18.4 Å². The molecular formula is C14H15F. The number of hydrogen-bond donors (Lipinski definition) is 0. The van der Waals surface area contributed by atoms with Gasteiger partial charge in [-0.25, -0.2) is 4.39 Å². The maximum atomic E-state index is 13.5. The highest BCUT2D eigenvalue weighted by Gasteiger charge is 2.10. The quantitative estimate of drug-likeness (QED) is 0.674. The summed E-state index contributed by atoms with van der Waals surface area (Å²) in [5.74, 6) is 0.490. The van der Waals surface area contributed by atoms with Crippen LogP contribution in [0, 0.1) is 11.7 Å². The van der Waals surface area contributed by atoms with Crippen molar-refractivity contribution < 1.29 is 4.39 Å². The maximum absolute atomic E-state index is 13.5. The van der Waals surface area contributed by atoms with Crippen molar-refractivity contribution in [1.29, 1.82) is 0 Å². The summed E-state index contributed by atoms with van der Waals surface area (Å²) in [5.41, 5.74) is 1.72. The molecule has 0 amide bonds. The van der Waals surface area contributed by atoms with Crippen molar-refractivity contribution in [3.05, 3.63) is 53.9 Å². The summed E-state index contributed by atoms with van der Waals surface area (Å²) in [6.07, 6.45) is 8.53. The minimum Gasteiger partial charge on any atom is -0.206 e. The lowest BCUT2D eigenvalue weighted by molar-refractivity contribution is 0.620. The molecule has 0 aliphatic heterocycles. The predicted molar refractivity (Wildman–Crippen MR) is 61.9 cm³/mol. The number of allylic oxidation sites excluding steroid dienone is 4. The number of benzene rings is 1. The van der Waals surface area contributed by atoms with E-state index in [9.17, 15) is 4.39 Å². The van der Waals surface area contributed by atoms with Crippen molar-refractivity contribution in [2.75, 3.05) is 0 Å². The number of rotatable bonds is 2. The summed E-state index contributed by atoms with van der Waals surface area (Å²) in [7, 11) is 0. The highest BCUT2D eigenvalue weighted by molar-refractivity contribution is 5.75. The van der Waals surface area contributed by atoms with Crippen molar-refractivity contribution in [1.82, 2.24) is 0 Å². The van der Waals surface area contributed by atoms with Gasteiger partial charge in [0, 0.05) is 5.56 Å². The van der Waals surface area contributed by atoms with E-state index in [-0.39, 0.29) is 5.82 Å². The summed E-state index contributed by atoms with van der Waals surface area (Å²) in [5, 5.41) is 0. The van der Waals surface area contributed by atoms with Gasteiger partial charge in [0.05, 0.1) is 0 Å². The van der Waals surface area contributed by atoms with Gasteiger partial charge in [-0.05, 0) is 30.4 Å². The fourth-order valence-electron chi connectivity index (χ4n) is 1.86. The van der Waals surface area contributed by atoms with Gasteiger partial charge >= 0.3 is 0 Å². The second-order valence-corrected chi connectivity index (χ2v) is 3.90. The molecule has 0 spiro atoms. The van der Waals surface area contributed by atoms with E-state index < -0.39 is 0 Å². The summed E-state index contributed by atoms with van der Waals surface area (Å²) < 4.78 is 13.5. The van der Waals surface area contributed by atoms with Gasteiger partial charge in [-0.3, -0.25) is 0 Å². The Kier molecular flexibility index (Phi) is 3.00. The zero-order valence-corrected chi connectivity index (χ0v) is 8.91. The van der Waals surface area contributed by atoms with E-state index in [1.165, 1.54) is 6.07 Å². The average molecular weight is 202 g/mol. The third-order valence-electron chi connectivity index (χ3n) is 2.90. The normalized spacial score (nSPS) is 20.1. The Balaban J connectivity index is 2.24. The van der Waals surface area contributed by atoms with Crippen LogP contribution in [0.5, 0.6) is 0 Å². The highest BCUT2D eigenvalue weighted by atomic mass is 19.1. The molecule has 1 aliphatic rings. The molecule has 0 saturated heterocycles. The van der Waals surface area contributed by atoms with E-state index in [4.69, 9.17) is 0 Å². The van der Waals surface area contributed by atoms with Crippen LogP contribution < -0.4 is 0 Å². The van der Waals surface area contributed by atoms with Crippen LogP contribution in [0.4, 0.5) is 4.39 Å². The second kappa shape index (κ2) is 4.43. The van der Waals surface area contributed by atoms with Gasteiger partial charge in [0.15, 0.2) is 0 Å². The molecule has 0 aromatic heterocycles. The minimum absolute atomic E-state index is 0.136. The van der Waals surface area contributed by atoms with E-state index >= 15 is 0 Å². The second-order valence-electron chi connectivity index (χ2n) is 3.90. The van der Waals surface area contributed by atoms with Crippen LogP contribution >= 0.6 is 0 Å². The van der Waals surface area contributed by atoms with Gasteiger partial charge in [-0.15, -0.1) is 0 Å². The molecule has 1 aromatic rings. The van der Waals surface area contributed by atoms with Gasteiger partial charge in [-0.2, -0.15) is 0 Å². The molecule has 0 saturated carbocycles. The van der Waals surface area contributed by atoms with Crippen molar-refractivity contribution in [3.63, 3.8) is 0 Å². The van der Waals surface area contributed by atoms with Gasteiger partial charge in [0.1, 0.15) is 5.82 Å². The van der Waals surface area contributed by atoms with Crippen LogP contribution in [-0.2, 0) is 0 Å². The van der Waals surface area contributed by atoms with Gasteiger partial charge in [0.2, 0.25) is 0 Å².